The number of piperidine rings is 1. The van der Waals surface area contributed by atoms with Crippen molar-refractivity contribution in [3.05, 3.63) is 0 Å². The fourth-order valence-electron chi connectivity index (χ4n) is 2.24. The lowest BCUT2D eigenvalue weighted by Gasteiger charge is -2.32. The summed E-state index contributed by atoms with van der Waals surface area (Å²) in [5, 5.41) is 11.8. The maximum absolute atomic E-state index is 11.8. The van der Waals surface area contributed by atoms with Crippen molar-refractivity contribution in [2.75, 3.05) is 20.1 Å². The molecule has 2 atom stereocenters. The number of nitrogens with one attached hydrogen (secondary N) is 1. The Kier molecular flexibility index (Phi) is 5.43. The molecule has 1 heterocycles. The van der Waals surface area contributed by atoms with E-state index in [9.17, 15) is 4.79 Å². The summed E-state index contributed by atoms with van der Waals surface area (Å²) in [5.74, 6) is -0.575. The molecule has 96 valence electrons. The number of hydrogen-bond donors (Lipinski definition) is 1. The molecule has 0 saturated carbocycles. The molecule has 17 heavy (non-hydrogen) atoms. The van der Waals surface area contributed by atoms with Crippen LogP contribution in [-0.2, 0) is 4.79 Å². The quantitative estimate of drug-likeness (QED) is 0.803. The number of likely N-dealkylation sites (N-methyl/N-ethyl adjacent to an activating group) is 1. The summed E-state index contributed by atoms with van der Waals surface area (Å²) in [6.45, 7) is 5.58. The molecule has 0 bridgehead atoms. The second-order valence-corrected chi connectivity index (χ2v) is 5.23. The van der Waals surface area contributed by atoms with E-state index in [1.165, 1.54) is 12.8 Å². The zero-order valence-electron chi connectivity index (χ0n) is 11.1. The van der Waals surface area contributed by atoms with E-state index in [1.54, 1.807) is 0 Å². The Morgan fingerprint density at radius 1 is 1.53 bits per heavy atom. The molecule has 0 aromatic carbocycles. The lowest BCUT2D eigenvalue weighted by molar-refractivity contribution is -0.124. The first-order valence-electron chi connectivity index (χ1n) is 6.43. The van der Waals surface area contributed by atoms with Gasteiger partial charge in [-0.1, -0.05) is 20.3 Å². The third-order valence-corrected chi connectivity index (χ3v) is 3.52. The average molecular weight is 237 g/mol. The van der Waals surface area contributed by atoms with Crippen LogP contribution in [0.4, 0.5) is 0 Å². The zero-order valence-corrected chi connectivity index (χ0v) is 11.1. The summed E-state index contributed by atoms with van der Waals surface area (Å²) in [6.07, 6.45) is 3.61. The zero-order chi connectivity index (χ0) is 12.8. The molecule has 1 N–H and O–H groups in total. The van der Waals surface area contributed by atoms with Crippen LogP contribution in [0.1, 0.15) is 33.1 Å². The van der Waals surface area contributed by atoms with E-state index >= 15 is 0 Å². The van der Waals surface area contributed by atoms with Crippen LogP contribution in [0.15, 0.2) is 0 Å². The molecule has 0 aromatic rings. The van der Waals surface area contributed by atoms with Crippen LogP contribution >= 0.6 is 0 Å². The van der Waals surface area contributed by atoms with E-state index in [0.29, 0.717) is 12.6 Å². The van der Waals surface area contributed by atoms with Crippen molar-refractivity contribution in [1.82, 2.24) is 10.2 Å². The lowest BCUT2D eigenvalue weighted by atomic mass is 9.96. The van der Waals surface area contributed by atoms with Gasteiger partial charge in [0.05, 0.1) is 6.07 Å². The summed E-state index contributed by atoms with van der Waals surface area (Å²) in [4.78, 5) is 14.1. The van der Waals surface area contributed by atoms with E-state index in [4.69, 9.17) is 5.26 Å². The van der Waals surface area contributed by atoms with Crippen molar-refractivity contribution in [3.8, 4) is 6.07 Å². The molecule has 1 aliphatic heterocycles. The Labute approximate surface area is 104 Å². The SMILES string of the molecule is CC(C)C(C#N)C(=O)NCC1CCCCN1C. The molecular formula is C13H23N3O. The molecule has 1 aliphatic rings. The van der Waals surface area contributed by atoms with Crippen LogP contribution in [0.2, 0.25) is 0 Å². The minimum absolute atomic E-state index is 0.0732. The largest absolute Gasteiger partial charge is 0.353 e. The van der Waals surface area contributed by atoms with Gasteiger partial charge in [-0.25, -0.2) is 0 Å². The Bertz CT molecular complexity index is 296. The highest BCUT2D eigenvalue weighted by Crippen LogP contribution is 2.15. The minimum atomic E-state index is -0.524. The number of nitriles is 1. The van der Waals surface area contributed by atoms with Gasteiger partial charge >= 0.3 is 0 Å². The number of amides is 1. The van der Waals surface area contributed by atoms with Crippen LogP contribution < -0.4 is 5.32 Å². The molecule has 0 spiro atoms. The number of hydrogen-bond acceptors (Lipinski definition) is 3. The minimum Gasteiger partial charge on any atom is -0.353 e. The maximum Gasteiger partial charge on any atom is 0.237 e. The number of carbonyl (C=O) groups excluding carboxylic acids is 1. The number of nitrogens with zero attached hydrogens (tertiary/aromatic N) is 2. The second-order valence-electron chi connectivity index (χ2n) is 5.23. The van der Waals surface area contributed by atoms with E-state index in [-0.39, 0.29) is 11.8 Å². The predicted octanol–water partition coefficient (Wildman–Crippen LogP) is 1.38. The smallest absolute Gasteiger partial charge is 0.237 e. The van der Waals surface area contributed by atoms with Gasteiger partial charge in [0.2, 0.25) is 5.91 Å². The average Bonchev–Trinajstić information content (AvgIpc) is 2.28. The molecule has 1 amide bonds. The molecule has 1 fully saturated rings. The van der Waals surface area contributed by atoms with Gasteiger partial charge in [-0.15, -0.1) is 0 Å². The van der Waals surface area contributed by atoms with Gasteiger partial charge < -0.3 is 10.2 Å². The fourth-order valence-corrected chi connectivity index (χ4v) is 2.24. The summed E-state index contributed by atoms with van der Waals surface area (Å²) in [5.41, 5.74) is 0. The van der Waals surface area contributed by atoms with Gasteiger partial charge in [-0.3, -0.25) is 4.79 Å². The van der Waals surface area contributed by atoms with Gasteiger partial charge in [-0.05, 0) is 32.4 Å². The highest BCUT2D eigenvalue weighted by molar-refractivity contribution is 5.81. The van der Waals surface area contributed by atoms with Gasteiger partial charge in [0.15, 0.2) is 0 Å². The molecule has 1 rings (SSSR count). The summed E-state index contributed by atoms with van der Waals surface area (Å²) in [6, 6.07) is 2.50. The predicted molar refractivity (Wildman–Crippen MR) is 67.2 cm³/mol. The fraction of sp³-hybridized carbons (Fsp3) is 0.846. The van der Waals surface area contributed by atoms with Crippen molar-refractivity contribution in [3.63, 3.8) is 0 Å². The van der Waals surface area contributed by atoms with Gasteiger partial charge in [0, 0.05) is 12.6 Å². The number of likely N-dealkylation sites (tertiary alicyclic amines) is 1. The highest BCUT2D eigenvalue weighted by Gasteiger charge is 2.24. The molecule has 4 heteroatoms. The Hall–Kier alpha value is -1.08. The third-order valence-electron chi connectivity index (χ3n) is 3.52. The molecule has 0 aromatic heterocycles. The molecule has 0 aliphatic carbocycles. The number of rotatable bonds is 4. The van der Waals surface area contributed by atoms with Gasteiger partial charge in [0.25, 0.3) is 0 Å². The molecular weight excluding hydrogens is 214 g/mol. The van der Waals surface area contributed by atoms with Gasteiger partial charge in [0.1, 0.15) is 5.92 Å². The van der Waals surface area contributed by atoms with E-state index in [2.05, 4.69) is 23.3 Å². The second kappa shape index (κ2) is 6.61. The summed E-state index contributed by atoms with van der Waals surface area (Å²) >= 11 is 0. The monoisotopic (exact) mass is 237 g/mol. The summed E-state index contributed by atoms with van der Waals surface area (Å²) < 4.78 is 0. The van der Waals surface area contributed by atoms with Crippen LogP contribution in [0.5, 0.6) is 0 Å². The van der Waals surface area contributed by atoms with Crippen molar-refractivity contribution in [1.29, 1.82) is 5.26 Å². The molecule has 2 unspecified atom stereocenters. The Morgan fingerprint density at radius 3 is 2.76 bits per heavy atom. The molecule has 4 nitrogen and oxygen atoms in total. The highest BCUT2D eigenvalue weighted by atomic mass is 16.1. The normalized spacial score (nSPS) is 23.1. The molecule has 0 radical (unpaired) electrons. The Morgan fingerprint density at radius 2 is 2.24 bits per heavy atom. The first kappa shape index (κ1) is 14.0. The lowest BCUT2D eigenvalue weighted by Crippen LogP contribution is -2.46. The van der Waals surface area contributed by atoms with Crippen LogP contribution in [0.25, 0.3) is 0 Å². The molecule has 1 saturated heterocycles. The first-order valence-corrected chi connectivity index (χ1v) is 6.43. The van der Waals surface area contributed by atoms with Gasteiger partial charge in [-0.2, -0.15) is 5.26 Å². The van der Waals surface area contributed by atoms with Crippen molar-refractivity contribution in [2.24, 2.45) is 11.8 Å². The topological polar surface area (TPSA) is 56.1 Å². The first-order chi connectivity index (χ1) is 8.06. The maximum atomic E-state index is 11.8. The summed E-state index contributed by atoms with van der Waals surface area (Å²) in [7, 11) is 2.10. The van der Waals surface area contributed by atoms with Crippen molar-refractivity contribution < 1.29 is 4.79 Å². The third kappa shape index (κ3) is 4.01. The van der Waals surface area contributed by atoms with Crippen LogP contribution in [0, 0.1) is 23.2 Å². The van der Waals surface area contributed by atoms with Crippen LogP contribution in [0.3, 0.4) is 0 Å². The number of carbonyl (C=O) groups is 1. The van der Waals surface area contributed by atoms with E-state index in [1.807, 2.05) is 13.8 Å². The standard InChI is InChI=1S/C13H23N3O/c1-10(2)12(8-14)13(17)15-9-11-6-4-5-7-16(11)3/h10-12H,4-7,9H2,1-3H3,(H,15,17). The van der Waals surface area contributed by atoms with E-state index in [0.717, 1.165) is 13.0 Å². The van der Waals surface area contributed by atoms with E-state index < -0.39 is 5.92 Å². The van der Waals surface area contributed by atoms with Crippen LogP contribution in [-0.4, -0.2) is 37.0 Å². The van der Waals surface area contributed by atoms with Crippen molar-refractivity contribution in [2.45, 2.75) is 39.2 Å². The Balaban J connectivity index is 2.39. The van der Waals surface area contributed by atoms with Crippen molar-refractivity contribution >= 4 is 5.91 Å².